The van der Waals surface area contributed by atoms with E-state index in [4.69, 9.17) is 0 Å². The van der Waals surface area contributed by atoms with Crippen molar-refractivity contribution in [2.75, 3.05) is 4.90 Å². The van der Waals surface area contributed by atoms with Crippen LogP contribution < -0.4 is 4.90 Å². The van der Waals surface area contributed by atoms with E-state index in [-0.39, 0.29) is 0 Å². The summed E-state index contributed by atoms with van der Waals surface area (Å²) in [7, 11) is 0. The van der Waals surface area contributed by atoms with E-state index in [0.29, 0.717) is 0 Å². The lowest BCUT2D eigenvalue weighted by Crippen LogP contribution is -2.10. The molecule has 64 heavy (non-hydrogen) atoms. The van der Waals surface area contributed by atoms with Crippen LogP contribution in [0.5, 0.6) is 0 Å². The van der Waals surface area contributed by atoms with E-state index in [2.05, 4.69) is 264 Å². The van der Waals surface area contributed by atoms with Gasteiger partial charge in [0.1, 0.15) is 0 Å². The van der Waals surface area contributed by atoms with Crippen LogP contribution in [0.4, 0.5) is 17.1 Å². The van der Waals surface area contributed by atoms with Crippen molar-refractivity contribution in [3.05, 3.63) is 255 Å². The van der Waals surface area contributed by atoms with Crippen LogP contribution in [0.3, 0.4) is 0 Å². The van der Waals surface area contributed by atoms with E-state index in [9.17, 15) is 0 Å². The third kappa shape index (κ3) is 6.61. The minimum atomic E-state index is 1.09. The Morgan fingerprint density at radius 1 is 0.266 bits per heavy atom. The quantitative estimate of drug-likeness (QED) is 0.139. The minimum Gasteiger partial charge on any atom is -0.310 e. The highest BCUT2D eigenvalue weighted by atomic mass is 15.1. The number of rotatable bonds is 8. The van der Waals surface area contributed by atoms with Crippen molar-refractivity contribution < 1.29 is 0 Å². The van der Waals surface area contributed by atoms with Crippen molar-refractivity contribution in [3.8, 4) is 50.2 Å². The fourth-order valence-electron chi connectivity index (χ4n) is 9.66. The Balaban J connectivity index is 0.980. The second-order valence-electron chi connectivity index (χ2n) is 16.5. The zero-order valence-corrected chi connectivity index (χ0v) is 35.1. The molecule has 0 N–H and O–H groups in total. The van der Waals surface area contributed by atoms with Gasteiger partial charge < -0.3 is 9.47 Å². The van der Waals surface area contributed by atoms with Crippen molar-refractivity contribution in [2.24, 2.45) is 0 Å². The molecule has 0 aliphatic rings. The Hall–Kier alpha value is -8.46. The highest BCUT2D eigenvalue weighted by Gasteiger charge is 2.19. The maximum absolute atomic E-state index is 2.43. The highest BCUT2D eigenvalue weighted by molar-refractivity contribution is 6.15. The number of anilines is 3. The monoisotopic (exact) mass is 814 g/mol. The minimum absolute atomic E-state index is 1.09. The largest absolute Gasteiger partial charge is 0.310 e. The fourth-order valence-corrected chi connectivity index (χ4v) is 9.66. The lowest BCUT2D eigenvalue weighted by atomic mass is 9.93. The molecule has 0 atom stereocenters. The molecule has 0 aliphatic heterocycles. The van der Waals surface area contributed by atoms with Crippen molar-refractivity contribution in [3.63, 3.8) is 0 Å². The summed E-state index contributed by atoms with van der Waals surface area (Å²) in [6.07, 6.45) is 0. The van der Waals surface area contributed by atoms with Gasteiger partial charge in [-0.2, -0.15) is 0 Å². The van der Waals surface area contributed by atoms with Crippen molar-refractivity contribution in [2.45, 2.75) is 0 Å². The van der Waals surface area contributed by atoms with Crippen molar-refractivity contribution in [1.29, 1.82) is 0 Å². The number of hydrogen-bond acceptors (Lipinski definition) is 1. The Kier molecular flexibility index (Phi) is 9.20. The first-order valence-electron chi connectivity index (χ1n) is 22.0. The van der Waals surface area contributed by atoms with Gasteiger partial charge in [0, 0.05) is 33.2 Å². The Labute approximate surface area is 373 Å². The molecule has 0 fully saturated rings. The molecule has 0 aliphatic carbocycles. The summed E-state index contributed by atoms with van der Waals surface area (Å²) in [4.78, 5) is 2.43. The molecule has 0 saturated carbocycles. The summed E-state index contributed by atoms with van der Waals surface area (Å²) in [5, 5.41) is 7.41. The molecule has 0 amide bonds. The average molecular weight is 815 g/mol. The highest BCUT2D eigenvalue weighted by Crippen LogP contribution is 2.44. The van der Waals surface area contributed by atoms with E-state index in [1.54, 1.807) is 0 Å². The van der Waals surface area contributed by atoms with Gasteiger partial charge in [-0.15, -0.1) is 0 Å². The van der Waals surface area contributed by atoms with Gasteiger partial charge in [0.05, 0.1) is 16.7 Å². The van der Waals surface area contributed by atoms with Crippen LogP contribution in [0.2, 0.25) is 0 Å². The smallest absolute Gasteiger partial charge is 0.0546 e. The predicted octanol–water partition coefficient (Wildman–Crippen LogP) is 17.2. The topological polar surface area (TPSA) is 8.17 Å². The molecule has 12 aromatic rings. The van der Waals surface area contributed by atoms with Crippen LogP contribution in [0.1, 0.15) is 0 Å². The van der Waals surface area contributed by atoms with Crippen molar-refractivity contribution >= 4 is 60.4 Å². The molecule has 11 aromatic carbocycles. The normalized spacial score (nSPS) is 11.4. The molecule has 1 heterocycles. The Morgan fingerprint density at radius 2 is 0.734 bits per heavy atom. The average Bonchev–Trinajstić information content (AvgIpc) is 3.71. The summed E-state index contributed by atoms with van der Waals surface area (Å²) in [6, 6.07) is 92.7. The molecule has 0 unspecified atom stereocenters. The summed E-state index contributed by atoms with van der Waals surface area (Å²) in [5.74, 6) is 0. The van der Waals surface area contributed by atoms with Gasteiger partial charge in [0.25, 0.3) is 0 Å². The van der Waals surface area contributed by atoms with E-state index in [0.717, 1.165) is 22.7 Å². The molecule has 0 bridgehead atoms. The van der Waals surface area contributed by atoms with Gasteiger partial charge in [0.2, 0.25) is 0 Å². The lowest BCUT2D eigenvalue weighted by Gasteiger charge is -2.28. The van der Waals surface area contributed by atoms with Gasteiger partial charge in [-0.05, 0) is 140 Å². The third-order valence-electron chi connectivity index (χ3n) is 12.7. The Bertz CT molecular complexity index is 3570. The summed E-state index contributed by atoms with van der Waals surface area (Å²) >= 11 is 0. The summed E-state index contributed by atoms with van der Waals surface area (Å²) in [5.41, 5.74) is 16.4. The number of fused-ring (bicyclic) bond motifs is 6. The van der Waals surface area contributed by atoms with E-state index in [1.165, 1.54) is 87.9 Å². The first-order chi connectivity index (χ1) is 31.7. The van der Waals surface area contributed by atoms with E-state index in [1.807, 2.05) is 0 Å². The van der Waals surface area contributed by atoms with Crippen LogP contribution in [-0.2, 0) is 0 Å². The third-order valence-corrected chi connectivity index (χ3v) is 12.7. The van der Waals surface area contributed by atoms with Gasteiger partial charge in [-0.3, -0.25) is 0 Å². The fraction of sp³-hybridized carbons (Fsp3) is 0. The number of aromatic nitrogens is 1. The molecular formula is C62H42N2. The molecule has 1 aromatic heterocycles. The number of nitrogens with zero attached hydrogens (tertiary/aromatic N) is 2. The number of benzene rings is 11. The molecular weight excluding hydrogens is 773 g/mol. The maximum atomic E-state index is 2.43. The molecule has 300 valence electrons. The van der Waals surface area contributed by atoms with Gasteiger partial charge in [-0.25, -0.2) is 0 Å². The molecule has 2 heteroatoms. The first kappa shape index (κ1) is 37.3. The standard InChI is InChI=1S/C62H42N2/c1-4-15-43(16-5-1)50-39-51(44-17-6-2-7-18-44)41-52(40-50)46-31-36-55(37-32-46)63(61-26-14-20-48-28-27-47-19-10-11-23-56(47)62(48)61)54-34-29-45(30-35-54)49-33-38-60-58(42-49)57-24-12-13-25-59(57)64(60)53-21-8-3-9-22-53/h1-42H. The summed E-state index contributed by atoms with van der Waals surface area (Å²) < 4.78 is 2.37. The second-order valence-corrected chi connectivity index (χ2v) is 16.5. The number of hydrogen-bond donors (Lipinski definition) is 0. The maximum Gasteiger partial charge on any atom is 0.0546 e. The van der Waals surface area contributed by atoms with Gasteiger partial charge >= 0.3 is 0 Å². The van der Waals surface area contributed by atoms with Crippen LogP contribution in [0.25, 0.3) is 93.5 Å². The summed E-state index contributed by atoms with van der Waals surface area (Å²) in [6.45, 7) is 0. The van der Waals surface area contributed by atoms with Crippen LogP contribution in [0, 0.1) is 0 Å². The zero-order chi connectivity index (χ0) is 42.4. The van der Waals surface area contributed by atoms with E-state index >= 15 is 0 Å². The zero-order valence-electron chi connectivity index (χ0n) is 35.1. The van der Waals surface area contributed by atoms with Crippen LogP contribution in [-0.4, -0.2) is 4.57 Å². The van der Waals surface area contributed by atoms with Crippen LogP contribution >= 0.6 is 0 Å². The SMILES string of the molecule is c1ccc(-c2cc(-c3ccccc3)cc(-c3ccc(N(c4ccc(-c5ccc6c(c5)c5ccccc5n6-c5ccccc5)cc4)c4cccc5ccc6ccccc6c45)cc3)c2)cc1. The van der Waals surface area contributed by atoms with E-state index < -0.39 is 0 Å². The van der Waals surface area contributed by atoms with Gasteiger partial charge in [-0.1, -0.05) is 176 Å². The van der Waals surface area contributed by atoms with Crippen molar-refractivity contribution in [1.82, 2.24) is 4.57 Å². The lowest BCUT2D eigenvalue weighted by molar-refractivity contribution is 1.18. The van der Waals surface area contributed by atoms with Gasteiger partial charge in [0.15, 0.2) is 0 Å². The first-order valence-corrected chi connectivity index (χ1v) is 22.0. The molecule has 0 saturated heterocycles. The predicted molar refractivity (Wildman–Crippen MR) is 272 cm³/mol. The molecule has 12 rings (SSSR count). The Morgan fingerprint density at radius 3 is 1.38 bits per heavy atom. The molecule has 2 nitrogen and oxygen atoms in total. The molecule has 0 radical (unpaired) electrons. The second kappa shape index (κ2) is 15.8. The molecule has 0 spiro atoms. The van der Waals surface area contributed by atoms with Crippen LogP contribution in [0.15, 0.2) is 255 Å². The number of para-hydroxylation sites is 2.